The maximum atomic E-state index is 13.7. The summed E-state index contributed by atoms with van der Waals surface area (Å²) >= 11 is 0. The van der Waals surface area contributed by atoms with Crippen molar-refractivity contribution in [3.8, 4) is 0 Å². The number of carbonyl (C=O) groups excluding carboxylic acids is 3. The van der Waals surface area contributed by atoms with E-state index in [1.807, 2.05) is 81.9 Å². The lowest BCUT2D eigenvalue weighted by molar-refractivity contribution is -0.131. The fourth-order valence-corrected chi connectivity index (χ4v) is 14.7. The van der Waals surface area contributed by atoms with Crippen LogP contribution in [0.4, 0.5) is 9.59 Å². The molecular weight excluding hydrogens is 825 g/mol. The van der Waals surface area contributed by atoms with Gasteiger partial charge < -0.3 is 30.3 Å². The Kier molecular flexibility index (Phi) is 21.0. The number of hydrogen-bond acceptors (Lipinski definition) is 8. The van der Waals surface area contributed by atoms with Crippen LogP contribution < -0.4 is 16.0 Å². The van der Waals surface area contributed by atoms with Gasteiger partial charge in [0.25, 0.3) is 0 Å². The van der Waals surface area contributed by atoms with Crippen LogP contribution in [0.1, 0.15) is 193 Å². The van der Waals surface area contributed by atoms with Gasteiger partial charge in [-0.05, 0) is 192 Å². The predicted molar refractivity (Wildman–Crippen MR) is 267 cm³/mol. The zero-order chi connectivity index (χ0) is 46.6. The zero-order valence-electron chi connectivity index (χ0n) is 42.4. The lowest BCUT2D eigenvalue weighted by atomic mass is 9.47. The molecule has 0 bridgehead atoms. The van der Waals surface area contributed by atoms with Crippen molar-refractivity contribution in [1.82, 2.24) is 20.9 Å². The van der Waals surface area contributed by atoms with Gasteiger partial charge in [-0.2, -0.15) is 0 Å². The lowest BCUT2D eigenvalue weighted by Gasteiger charge is -2.58. The average Bonchev–Trinajstić information content (AvgIpc) is 3.52. The molecule has 0 radical (unpaired) electrons. The van der Waals surface area contributed by atoms with E-state index in [4.69, 9.17) is 9.47 Å². The largest absolute Gasteiger partial charge is 0.444 e. The monoisotopic (exact) mass is 919 g/mol. The molecule has 0 aromatic carbocycles. The molecule has 11 heteroatoms. The molecule has 0 saturated heterocycles. The normalized spacial score (nSPS) is 28.5. The van der Waals surface area contributed by atoms with Crippen LogP contribution in [-0.4, -0.2) is 83.5 Å². The zero-order valence-corrected chi connectivity index (χ0v) is 44.1. The molecule has 2 unspecified atom stereocenters. The van der Waals surface area contributed by atoms with Gasteiger partial charge in [0, 0.05) is 42.6 Å². The van der Waals surface area contributed by atoms with Crippen LogP contribution in [0.3, 0.4) is 0 Å². The van der Waals surface area contributed by atoms with Crippen molar-refractivity contribution in [3.63, 3.8) is 0 Å². The number of ether oxygens (including phenoxy) is 2. The lowest BCUT2D eigenvalue weighted by Crippen LogP contribution is -2.50. The number of rotatable bonds is 23. The third-order valence-corrected chi connectivity index (χ3v) is 18.3. The molecule has 3 N–H and O–H groups in total. The first-order valence-electron chi connectivity index (χ1n) is 25.5. The summed E-state index contributed by atoms with van der Waals surface area (Å²) in [5, 5.41) is 9.97. The molecular formula is C52H94N4O5S2. The summed E-state index contributed by atoms with van der Waals surface area (Å²) in [5.41, 5.74) is 1.59. The minimum absolute atomic E-state index is 0.00923. The number of alkyl carbamates (subject to hydrolysis) is 2. The Balaban J connectivity index is 1.22. The third-order valence-electron chi connectivity index (χ3n) is 15.4. The molecule has 3 saturated carbocycles. The first-order valence-corrected chi connectivity index (χ1v) is 27.8. The van der Waals surface area contributed by atoms with E-state index in [0.717, 1.165) is 73.6 Å². The van der Waals surface area contributed by atoms with Crippen molar-refractivity contribution < 1.29 is 23.9 Å². The highest BCUT2D eigenvalue weighted by molar-refractivity contribution is 8.76. The third kappa shape index (κ3) is 16.9. The van der Waals surface area contributed by atoms with Gasteiger partial charge in [0.05, 0.1) is 0 Å². The summed E-state index contributed by atoms with van der Waals surface area (Å²) in [6.45, 7) is 30.8. The number of unbranched alkanes of at least 4 members (excludes halogenated alkanes) is 1. The van der Waals surface area contributed by atoms with Crippen LogP contribution in [0.25, 0.3) is 0 Å². The van der Waals surface area contributed by atoms with E-state index >= 15 is 0 Å². The standard InChI is InChI=1S/C52H94N4O5S2/c1-36(2)17-16-18-37(3)43-21-22-44-42-20-19-40-35-41(23-28-51(40,12)45(42)24-29-52(43,44)13)63-62-34-27-46(57)56(33-26-39(5)55-48(59)61-50(9,10)11)32-15-14-30-53-31-25-38(4)54-47(58)60-49(6,7)8/h19,36-39,41-45,53H,14-18,20-35H2,1-13H3,(H,54,58)(H,55,59)/t37-,38?,39?,41+,42+,43-,44+,45+,51+,52-/m1/s1. The van der Waals surface area contributed by atoms with Crippen molar-refractivity contribution in [3.05, 3.63) is 11.6 Å². The van der Waals surface area contributed by atoms with E-state index in [-0.39, 0.29) is 24.1 Å². The molecule has 0 aromatic heterocycles. The second kappa shape index (κ2) is 24.4. The van der Waals surface area contributed by atoms with E-state index in [2.05, 4.69) is 56.6 Å². The van der Waals surface area contributed by atoms with Crippen molar-refractivity contribution >= 4 is 39.7 Å². The second-order valence-electron chi connectivity index (χ2n) is 23.3. The molecule has 4 aliphatic carbocycles. The summed E-state index contributed by atoms with van der Waals surface area (Å²) in [7, 11) is 3.93. The molecule has 0 aromatic rings. The maximum Gasteiger partial charge on any atom is 0.407 e. The smallest absolute Gasteiger partial charge is 0.407 e. The van der Waals surface area contributed by atoms with Gasteiger partial charge in [0.15, 0.2) is 0 Å². The summed E-state index contributed by atoms with van der Waals surface area (Å²) < 4.78 is 10.8. The quantitative estimate of drug-likeness (QED) is 0.0528. The highest BCUT2D eigenvalue weighted by Crippen LogP contribution is 2.67. The minimum Gasteiger partial charge on any atom is -0.444 e. The second-order valence-corrected chi connectivity index (χ2v) is 26.1. The Hall–Kier alpha value is -1.59. The number of amides is 3. The first-order chi connectivity index (χ1) is 29.5. The molecule has 3 amide bonds. The van der Waals surface area contributed by atoms with E-state index < -0.39 is 17.3 Å². The van der Waals surface area contributed by atoms with Crippen LogP contribution in [-0.2, 0) is 14.3 Å². The summed E-state index contributed by atoms with van der Waals surface area (Å²) in [4.78, 5) is 40.3. The number of allylic oxidation sites excluding steroid dienone is 2. The topological polar surface area (TPSA) is 109 Å². The van der Waals surface area contributed by atoms with Crippen molar-refractivity contribution in [2.75, 3.05) is 31.9 Å². The summed E-state index contributed by atoms with van der Waals surface area (Å²) in [5.74, 6) is 6.22. The molecule has 9 nitrogen and oxygen atoms in total. The van der Waals surface area contributed by atoms with Crippen LogP contribution in [0.15, 0.2) is 11.6 Å². The SMILES string of the molecule is CC(C)CCC[C@@H](C)[C@H]1CC[C@H]2[C@@H]3CC=C4C[C@@H](SSCCC(=O)N(CCCCNCCC(C)NC(=O)OC(C)(C)C)CCC(C)NC(=O)OC(C)(C)C)CC[C@]4(C)[C@H]3CC[C@]12C. The maximum absolute atomic E-state index is 13.7. The van der Waals surface area contributed by atoms with E-state index in [9.17, 15) is 14.4 Å². The highest BCUT2D eigenvalue weighted by Gasteiger charge is 2.59. The highest BCUT2D eigenvalue weighted by atomic mass is 33.1. The fourth-order valence-electron chi connectivity index (χ4n) is 12.0. The van der Waals surface area contributed by atoms with Gasteiger partial charge in [0.1, 0.15) is 11.2 Å². The van der Waals surface area contributed by atoms with Crippen molar-refractivity contribution in [2.45, 2.75) is 221 Å². The average molecular weight is 919 g/mol. The summed E-state index contributed by atoms with van der Waals surface area (Å²) in [6, 6.07) is -0.101. The molecule has 364 valence electrons. The molecule has 4 rings (SSSR count). The van der Waals surface area contributed by atoms with E-state index in [1.165, 1.54) is 70.6 Å². The van der Waals surface area contributed by atoms with Gasteiger partial charge in [-0.25, -0.2) is 9.59 Å². The van der Waals surface area contributed by atoms with E-state index in [0.29, 0.717) is 42.0 Å². The minimum atomic E-state index is -0.557. The number of nitrogens with zero attached hydrogens (tertiary/aromatic N) is 1. The number of fused-ring (bicyclic) bond motifs is 5. The Labute approximate surface area is 393 Å². The van der Waals surface area contributed by atoms with E-state index in [1.54, 1.807) is 5.57 Å². The van der Waals surface area contributed by atoms with Gasteiger partial charge in [0.2, 0.25) is 5.91 Å². The Morgan fingerprint density at radius 1 is 0.778 bits per heavy atom. The van der Waals surface area contributed by atoms with Crippen LogP contribution in [0, 0.1) is 46.3 Å². The number of carbonyl (C=O) groups is 3. The molecule has 63 heavy (non-hydrogen) atoms. The molecule has 4 aliphatic rings. The first kappa shape index (κ1) is 54.0. The summed E-state index contributed by atoms with van der Waals surface area (Å²) in [6.07, 6.45) is 20.8. The Bertz CT molecular complexity index is 1480. The van der Waals surface area contributed by atoms with Crippen LogP contribution >= 0.6 is 21.6 Å². The van der Waals surface area contributed by atoms with Gasteiger partial charge in [-0.15, -0.1) is 0 Å². The van der Waals surface area contributed by atoms with Crippen molar-refractivity contribution in [2.24, 2.45) is 46.3 Å². The van der Waals surface area contributed by atoms with Crippen LogP contribution in [0.5, 0.6) is 0 Å². The van der Waals surface area contributed by atoms with Gasteiger partial charge >= 0.3 is 12.2 Å². The van der Waals surface area contributed by atoms with Gasteiger partial charge in [-0.3, -0.25) is 4.79 Å². The molecule has 3 fully saturated rings. The van der Waals surface area contributed by atoms with Crippen molar-refractivity contribution in [1.29, 1.82) is 0 Å². The van der Waals surface area contributed by atoms with Gasteiger partial charge in [-0.1, -0.05) is 87.1 Å². The van der Waals surface area contributed by atoms with Crippen LogP contribution in [0.2, 0.25) is 0 Å². The Morgan fingerprint density at radius 2 is 1.44 bits per heavy atom. The molecule has 0 aliphatic heterocycles. The predicted octanol–water partition coefficient (Wildman–Crippen LogP) is 13.0. The molecule has 0 heterocycles. The molecule has 0 spiro atoms. The molecule has 10 atom stereocenters. The number of nitrogens with one attached hydrogen (secondary N) is 3. The fraction of sp³-hybridized carbons (Fsp3) is 0.904. The number of hydrogen-bond donors (Lipinski definition) is 3. The Morgan fingerprint density at radius 3 is 2.10 bits per heavy atom.